The summed E-state index contributed by atoms with van der Waals surface area (Å²) in [6.45, 7) is 10.5. The monoisotopic (exact) mass is 302 g/mol. The Hall–Kier alpha value is -1.36. The van der Waals surface area contributed by atoms with Crippen LogP contribution < -0.4 is 4.57 Å². The molecule has 22 heavy (non-hydrogen) atoms. The first-order valence-corrected chi connectivity index (χ1v) is 9.07. The standard InChI is InChI=1S/C19H34N.CN/c1-3-5-6-7-8-9-10-11-12-16-20-17-14-19(13-4-2)15-18-20;1-2/h14-15,17-18H,3-13,16H2,1-2H3;/q+1;-1. The van der Waals surface area contributed by atoms with Crippen molar-refractivity contribution in [2.45, 2.75) is 91.0 Å². The molecule has 0 amide bonds. The van der Waals surface area contributed by atoms with Crippen LogP contribution in [0.25, 0.3) is 0 Å². The van der Waals surface area contributed by atoms with Gasteiger partial charge in [-0.1, -0.05) is 65.2 Å². The van der Waals surface area contributed by atoms with Crippen molar-refractivity contribution in [1.29, 1.82) is 5.26 Å². The number of pyridine rings is 1. The Morgan fingerprint density at radius 1 is 0.773 bits per heavy atom. The first kappa shape index (κ1) is 20.6. The quantitative estimate of drug-likeness (QED) is 0.282. The summed E-state index contributed by atoms with van der Waals surface area (Å²) in [5, 5.41) is 6.25. The topological polar surface area (TPSA) is 27.7 Å². The number of aromatic nitrogens is 1. The molecule has 1 aromatic rings. The van der Waals surface area contributed by atoms with Crippen molar-refractivity contribution in [3.63, 3.8) is 0 Å². The molecule has 2 nitrogen and oxygen atoms in total. The molecule has 2 heteroatoms. The summed E-state index contributed by atoms with van der Waals surface area (Å²) in [4.78, 5) is 0. The molecular formula is C20H34N2. The fourth-order valence-electron chi connectivity index (χ4n) is 2.70. The Kier molecular flexibility index (Phi) is 15.0. The molecule has 0 saturated carbocycles. The van der Waals surface area contributed by atoms with Crippen LogP contribution >= 0.6 is 0 Å². The number of unbranched alkanes of at least 4 members (excludes halogenated alkanes) is 8. The Balaban J connectivity index is 0.00000211. The van der Waals surface area contributed by atoms with Gasteiger partial charge in [0, 0.05) is 18.6 Å². The highest BCUT2D eigenvalue weighted by molar-refractivity contribution is 5.06. The van der Waals surface area contributed by atoms with Crippen LogP contribution in [0.2, 0.25) is 0 Å². The van der Waals surface area contributed by atoms with Gasteiger partial charge in [-0.05, 0) is 18.4 Å². The number of rotatable bonds is 12. The summed E-state index contributed by atoms with van der Waals surface area (Å²) in [7, 11) is 0. The highest BCUT2D eigenvalue weighted by Gasteiger charge is 2.00. The highest BCUT2D eigenvalue weighted by Crippen LogP contribution is 2.09. The van der Waals surface area contributed by atoms with Crippen LogP contribution in [0, 0.1) is 11.8 Å². The molecule has 1 rings (SSSR count). The molecule has 0 aromatic carbocycles. The van der Waals surface area contributed by atoms with E-state index in [9.17, 15) is 0 Å². The third-order valence-corrected chi connectivity index (χ3v) is 4.02. The molecule has 0 aliphatic heterocycles. The lowest BCUT2D eigenvalue weighted by Crippen LogP contribution is -2.32. The van der Waals surface area contributed by atoms with Gasteiger partial charge in [-0.15, -0.1) is 0 Å². The van der Waals surface area contributed by atoms with Crippen molar-refractivity contribution in [1.82, 2.24) is 0 Å². The van der Waals surface area contributed by atoms with E-state index >= 15 is 0 Å². The Morgan fingerprint density at radius 2 is 1.27 bits per heavy atom. The molecule has 124 valence electrons. The average molecular weight is 303 g/mol. The van der Waals surface area contributed by atoms with Gasteiger partial charge in [-0.3, -0.25) is 0 Å². The molecule has 0 radical (unpaired) electrons. The van der Waals surface area contributed by atoms with Gasteiger partial charge in [-0.25, -0.2) is 4.57 Å². The van der Waals surface area contributed by atoms with Crippen LogP contribution in [-0.2, 0) is 13.0 Å². The van der Waals surface area contributed by atoms with Crippen molar-refractivity contribution in [3.05, 3.63) is 36.7 Å². The molecule has 1 heterocycles. The SMILES string of the molecule is CCCCCCCCCCC[n+]1ccc(CCC)cc1.[C-]#N. The number of nitrogens with zero attached hydrogens (tertiary/aromatic N) is 2. The predicted octanol–water partition coefficient (Wildman–Crippen LogP) is 5.55. The molecule has 0 saturated heterocycles. The number of hydrogen-bond donors (Lipinski definition) is 0. The maximum atomic E-state index is 6.25. The van der Waals surface area contributed by atoms with Gasteiger partial charge in [0.1, 0.15) is 6.54 Å². The van der Waals surface area contributed by atoms with Gasteiger partial charge in [0.05, 0.1) is 0 Å². The van der Waals surface area contributed by atoms with Crippen LogP contribution in [0.15, 0.2) is 24.5 Å². The Labute approximate surface area is 138 Å². The second-order valence-corrected chi connectivity index (χ2v) is 6.02. The van der Waals surface area contributed by atoms with E-state index in [1.807, 2.05) is 0 Å². The summed E-state index contributed by atoms with van der Waals surface area (Å²) < 4.78 is 2.33. The van der Waals surface area contributed by atoms with Crippen molar-refractivity contribution in [2.24, 2.45) is 0 Å². The van der Waals surface area contributed by atoms with Gasteiger partial charge >= 0.3 is 0 Å². The molecule has 1 aromatic heterocycles. The molecule has 0 atom stereocenters. The van der Waals surface area contributed by atoms with Crippen LogP contribution in [0.1, 0.15) is 83.6 Å². The fourth-order valence-corrected chi connectivity index (χ4v) is 2.70. The normalized spacial score (nSPS) is 10.0. The summed E-state index contributed by atoms with van der Waals surface area (Å²) in [5.74, 6) is 0. The number of hydrogen-bond acceptors (Lipinski definition) is 1. The molecule has 0 bridgehead atoms. The minimum Gasteiger partial charge on any atom is -0.512 e. The smallest absolute Gasteiger partial charge is 0.169 e. The molecule has 0 aliphatic rings. The van der Waals surface area contributed by atoms with Crippen molar-refractivity contribution in [2.75, 3.05) is 0 Å². The maximum absolute atomic E-state index is 6.25. The second kappa shape index (κ2) is 16.0. The average Bonchev–Trinajstić information content (AvgIpc) is 2.57. The van der Waals surface area contributed by atoms with Crippen LogP contribution in [0.5, 0.6) is 0 Å². The largest absolute Gasteiger partial charge is 0.512 e. The van der Waals surface area contributed by atoms with Gasteiger partial charge in [0.2, 0.25) is 0 Å². The van der Waals surface area contributed by atoms with E-state index in [1.165, 1.54) is 82.7 Å². The van der Waals surface area contributed by atoms with E-state index in [2.05, 4.69) is 42.9 Å². The second-order valence-electron chi connectivity index (χ2n) is 6.02. The van der Waals surface area contributed by atoms with Crippen LogP contribution in [-0.4, -0.2) is 0 Å². The van der Waals surface area contributed by atoms with Gasteiger partial charge < -0.3 is 11.8 Å². The van der Waals surface area contributed by atoms with Crippen molar-refractivity contribution in [3.8, 4) is 0 Å². The number of aryl methyl sites for hydroxylation is 2. The van der Waals surface area contributed by atoms with Gasteiger partial charge in [0.25, 0.3) is 0 Å². The maximum Gasteiger partial charge on any atom is 0.169 e. The fraction of sp³-hybridized carbons (Fsp3) is 0.700. The lowest BCUT2D eigenvalue weighted by atomic mass is 10.1. The summed E-state index contributed by atoms with van der Waals surface area (Å²) in [6.07, 6.45) is 19.6. The lowest BCUT2D eigenvalue weighted by Gasteiger charge is -2.01. The first-order valence-electron chi connectivity index (χ1n) is 9.07. The third kappa shape index (κ3) is 11.3. The molecule has 0 N–H and O–H groups in total. The lowest BCUT2D eigenvalue weighted by molar-refractivity contribution is -0.697. The molecule has 0 fully saturated rings. The summed E-state index contributed by atoms with van der Waals surface area (Å²) >= 11 is 0. The van der Waals surface area contributed by atoms with E-state index in [0.717, 1.165) is 0 Å². The zero-order valence-corrected chi connectivity index (χ0v) is 14.7. The Morgan fingerprint density at radius 3 is 1.77 bits per heavy atom. The minimum absolute atomic E-state index is 1.18. The van der Waals surface area contributed by atoms with Gasteiger partial charge in [-0.2, -0.15) is 0 Å². The van der Waals surface area contributed by atoms with E-state index in [-0.39, 0.29) is 0 Å². The van der Waals surface area contributed by atoms with Crippen molar-refractivity contribution >= 4 is 0 Å². The molecule has 0 aliphatic carbocycles. The summed E-state index contributed by atoms with van der Waals surface area (Å²) in [5.41, 5.74) is 1.47. The Bertz CT molecular complexity index is 354. The highest BCUT2D eigenvalue weighted by atomic mass is 14.9. The predicted molar refractivity (Wildman–Crippen MR) is 92.8 cm³/mol. The van der Waals surface area contributed by atoms with Gasteiger partial charge in [0.15, 0.2) is 12.4 Å². The summed E-state index contributed by atoms with van der Waals surface area (Å²) in [6, 6.07) is 4.55. The van der Waals surface area contributed by atoms with E-state index in [1.54, 1.807) is 0 Å². The van der Waals surface area contributed by atoms with Crippen LogP contribution in [0.3, 0.4) is 0 Å². The first-order chi connectivity index (χ1) is 10.9. The third-order valence-electron chi connectivity index (χ3n) is 4.02. The van der Waals surface area contributed by atoms with E-state index in [4.69, 9.17) is 11.8 Å². The van der Waals surface area contributed by atoms with Crippen LogP contribution in [0.4, 0.5) is 0 Å². The zero-order chi connectivity index (χ0) is 16.5. The van der Waals surface area contributed by atoms with Crippen molar-refractivity contribution < 1.29 is 4.57 Å². The minimum atomic E-state index is 1.18. The van der Waals surface area contributed by atoms with E-state index in [0.29, 0.717) is 0 Å². The molecule has 0 unspecified atom stereocenters. The molecule has 0 spiro atoms. The van der Waals surface area contributed by atoms with E-state index < -0.39 is 0 Å². The zero-order valence-electron chi connectivity index (χ0n) is 14.7. The molecular weight excluding hydrogens is 268 g/mol.